The van der Waals surface area contributed by atoms with Crippen LogP contribution in [0.5, 0.6) is 0 Å². The van der Waals surface area contributed by atoms with Gasteiger partial charge in [0.25, 0.3) is 0 Å². The van der Waals surface area contributed by atoms with E-state index >= 15 is 0 Å². The van der Waals surface area contributed by atoms with Crippen LogP contribution < -0.4 is 10.6 Å². The Morgan fingerprint density at radius 1 is 1.13 bits per heavy atom. The zero-order valence-corrected chi connectivity index (χ0v) is 10.0. The Kier molecular flexibility index (Phi) is 4.34. The molecule has 0 unspecified atom stereocenters. The summed E-state index contributed by atoms with van der Waals surface area (Å²) in [5.74, 6) is 2.64. The van der Waals surface area contributed by atoms with E-state index in [0.29, 0.717) is 0 Å². The molecule has 0 bridgehead atoms. The normalized spacial score (nSPS) is 10.1. The molecule has 84 valence electrons. The summed E-state index contributed by atoms with van der Waals surface area (Å²) in [7, 11) is 1.88. The summed E-state index contributed by atoms with van der Waals surface area (Å²) in [5.41, 5.74) is 1.08. The minimum atomic E-state index is 0.795. The zero-order valence-electron chi connectivity index (χ0n) is 10.0. The fraction of sp³-hybridized carbons (Fsp3) is 0.636. The van der Waals surface area contributed by atoms with Crippen molar-refractivity contribution in [1.29, 1.82) is 0 Å². The Labute approximate surface area is 91.5 Å². The molecule has 1 rings (SSSR count). The summed E-state index contributed by atoms with van der Waals surface area (Å²) < 4.78 is 0. The number of anilines is 2. The van der Waals surface area contributed by atoms with E-state index in [-0.39, 0.29) is 0 Å². The van der Waals surface area contributed by atoms with Crippen molar-refractivity contribution in [3.63, 3.8) is 0 Å². The molecule has 0 spiro atoms. The van der Waals surface area contributed by atoms with Gasteiger partial charge < -0.3 is 10.6 Å². The Balaban J connectivity index is 2.81. The van der Waals surface area contributed by atoms with E-state index in [2.05, 4.69) is 27.5 Å². The molecule has 0 saturated carbocycles. The molecule has 0 aromatic carbocycles. The van der Waals surface area contributed by atoms with Crippen LogP contribution in [-0.2, 0) is 0 Å². The number of aromatic nitrogens is 2. The molecule has 0 fully saturated rings. The van der Waals surface area contributed by atoms with Crippen molar-refractivity contribution >= 4 is 11.6 Å². The topological polar surface area (TPSA) is 49.8 Å². The van der Waals surface area contributed by atoms with Crippen LogP contribution in [0.25, 0.3) is 0 Å². The Morgan fingerprint density at radius 2 is 1.80 bits per heavy atom. The number of nitrogens with one attached hydrogen (secondary N) is 2. The third kappa shape index (κ3) is 3.08. The second kappa shape index (κ2) is 5.53. The van der Waals surface area contributed by atoms with E-state index in [0.717, 1.165) is 36.0 Å². The van der Waals surface area contributed by atoms with Crippen LogP contribution in [0, 0.1) is 13.8 Å². The zero-order chi connectivity index (χ0) is 11.3. The van der Waals surface area contributed by atoms with Gasteiger partial charge in [-0.3, -0.25) is 0 Å². The maximum absolute atomic E-state index is 4.39. The SMILES string of the molecule is CCCCNc1nc(C)nc(NC)c1C. The summed E-state index contributed by atoms with van der Waals surface area (Å²) in [6, 6.07) is 0. The van der Waals surface area contributed by atoms with Gasteiger partial charge in [0.05, 0.1) is 0 Å². The van der Waals surface area contributed by atoms with Gasteiger partial charge in [0.2, 0.25) is 0 Å². The molecule has 4 nitrogen and oxygen atoms in total. The summed E-state index contributed by atoms with van der Waals surface area (Å²) >= 11 is 0. The van der Waals surface area contributed by atoms with Crippen molar-refractivity contribution in [3.05, 3.63) is 11.4 Å². The van der Waals surface area contributed by atoms with Gasteiger partial charge in [-0.2, -0.15) is 0 Å². The summed E-state index contributed by atoms with van der Waals surface area (Å²) in [6.07, 6.45) is 2.35. The fourth-order valence-electron chi connectivity index (χ4n) is 1.43. The van der Waals surface area contributed by atoms with Gasteiger partial charge >= 0.3 is 0 Å². The monoisotopic (exact) mass is 208 g/mol. The molecule has 0 saturated heterocycles. The Bertz CT molecular complexity index is 323. The highest BCUT2D eigenvalue weighted by atomic mass is 15.1. The first-order chi connectivity index (χ1) is 7.19. The molecule has 0 atom stereocenters. The molecule has 0 amide bonds. The molecule has 0 aliphatic carbocycles. The van der Waals surface area contributed by atoms with Crippen LogP contribution in [0.3, 0.4) is 0 Å². The minimum Gasteiger partial charge on any atom is -0.373 e. The third-order valence-corrected chi connectivity index (χ3v) is 2.32. The lowest BCUT2D eigenvalue weighted by atomic mass is 10.3. The largest absolute Gasteiger partial charge is 0.373 e. The van der Waals surface area contributed by atoms with Crippen molar-refractivity contribution in [3.8, 4) is 0 Å². The Morgan fingerprint density at radius 3 is 2.40 bits per heavy atom. The number of hydrogen-bond acceptors (Lipinski definition) is 4. The highest BCUT2D eigenvalue weighted by molar-refractivity contribution is 5.56. The molecule has 1 heterocycles. The quantitative estimate of drug-likeness (QED) is 0.729. The fourth-order valence-corrected chi connectivity index (χ4v) is 1.43. The van der Waals surface area contributed by atoms with Crippen LogP contribution in [0.2, 0.25) is 0 Å². The first-order valence-electron chi connectivity index (χ1n) is 5.46. The van der Waals surface area contributed by atoms with Gasteiger partial charge in [-0.25, -0.2) is 9.97 Å². The van der Waals surface area contributed by atoms with E-state index < -0.39 is 0 Å². The molecule has 0 radical (unpaired) electrons. The highest BCUT2D eigenvalue weighted by Gasteiger charge is 2.06. The molecular weight excluding hydrogens is 188 g/mol. The number of unbranched alkanes of at least 4 members (excludes halogenated alkanes) is 1. The van der Waals surface area contributed by atoms with Crippen molar-refractivity contribution in [1.82, 2.24) is 9.97 Å². The van der Waals surface area contributed by atoms with Gasteiger partial charge in [-0.05, 0) is 20.3 Å². The lowest BCUT2D eigenvalue weighted by molar-refractivity contribution is 0.827. The third-order valence-electron chi connectivity index (χ3n) is 2.32. The molecule has 0 aliphatic heterocycles. The predicted octanol–water partition coefficient (Wildman–Crippen LogP) is 2.35. The lowest BCUT2D eigenvalue weighted by Crippen LogP contribution is -2.09. The molecule has 0 aliphatic rings. The summed E-state index contributed by atoms with van der Waals surface area (Å²) in [4.78, 5) is 8.71. The maximum Gasteiger partial charge on any atom is 0.134 e. The number of nitrogens with zero attached hydrogens (tertiary/aromatic N) is 2. The first-order valence-corrected chi connectivity index (χ1v) is 5.46. The van der Waals surface area contributed by atoms with Gasteiger partial charge in [-0.1, -0.05) is 13.3 Å². The van der Waals surface area contributed by atoms with Gasteiger partial charge in [-0.15, -0.1) is 0 Å². The molecule has 2 N–H and O–H groups in total. The Hall–Kier alpha value is -1.32. The predicted molar refractivity (Wildman–Crippen MR) is 64.5 cm³/mol. The molecule has 1 aromatic heterocycles. The number of rotatable bonds is 5. The van der Waals surface area contributed by atoms with Crippen LogP contribution in [0.1, 0.15) is 31.2 Å². The highest BCUT2D eigenvalue weighted by Crippen LogP contribution is 2.18. The van der Waals surface area contributed by atoms with E-state index in [9.17, 15) is 0 Å². The number of aryl methyl sites for hydroxylation is 1. The maximum atomic E-state index is 4.39. The molecule has 1 aromatic rings. The van der Waals surface area contributed by atoms with Gasteiger partial charge in [0.15, 0.2) is 0 Å². The van der Waals surface area contributed by atoms with E-state index in [4.69, 9.17) is 0 Å². The first kappa shape index (κ1) is 11.8. The summed E-state index contributed by atoms with van der Waals surface area (Å²) in [5, 5.41) is 6.41. The van der Waals surface area contributed by atoms with Crippen LogP contribution >= 0.6 is 0 Å². The summed E-state index contributed by atoms with van der Waals surface area (Å²) in [6.45, 7) is 7.08. The van der Waals surface area contributed by atoms with Crippen LogP contribution in [0.15, 0.2) is 0 Å². The van der Waals surface area contributed by atoms with Crippen LogP contribution in [-0.4, -0.2) is 23.6 Å². The lowest BCUT2D eigenvalue weighted by Gasteiger charge is -2.12. The average molecular weight is 208 g/mol. The van der Waals surface area contributed by atoms with Crippen molar-refractivity contribution in [2.24, 2.45) is 0 Å². The average Bonchev–Trinajstić information content (AvgIpc) is 2.23. The van der Waals surface area contributed by atoms with E-state index in [1.54, 1.807) is 0 Å². The second-order valence-electron chi connectivity index (χ2n) is 3.62. The standard InChI is InChI=1S/C11H20N4/c1-5-6-7-13-11-8(2)10(12-4)14-9(3)15-11/h5-7H2,1-4H3,(H2,12,13,14,15). The minimum absolute atomic E-state index is 0.795. The van der Waals surface area contributed by atoms with E-state index in [1.807, 2.05) is 20.9 Å². The number of hydrogen-bond donors (Lipinski definition) is 2. The van der Waals surface area contributed by atoms with Gasteiger partial charge in [0, 0.05) is 19.2 Å². The molecular formula is C11H20N4. The van der Waals surface area contributed by atoms with Crippen molar-refractivity contribution < 1.29 is 0 Å². The van der Waals surface area contributed by atoms with Crippen molar-refractivity contribution in [2.45, 2.75) is 33.6 Å². The molecule has 15 heavy (non-hydrogen) atoms. The second-order valence-corrected chi connectivity index (χ2v) is 3.62. The van der Waals surface area contributed by atoms with Crippen molar-refractivity contribution in [2.75, 3.05) is 24.2 Å². The smallest absolute Gasteiger partial charge is 0.134 e. The van der Waals surface area contributed by atoms with Crippen LogP contribution in [0.4, 0.5) is 11.6 Å². The van der Waals surface area contributed by atoms with Gasteiger partial charge in [0.1, 0.15) is 17.5 Å². The van der Waals surface area contributed by atoms with E-state index in [1.165, 1.54) is 6.42 Å². The molecule has 4 heteroatoms.